The van der Waals surface area contributed by atoms with Crippen LogP contribution in [0.15, 0.2) is 12.4 Å². The van der Waals surface area contributed by atoms with E-state index in [1.165, 1.54) is 0 Å². The first-order valence-electron chi connectivity index (χ1n) is 6.03. The molecule has 0 spiro atoms. The van der Waals surface area contributed by atoms with E-state index in [4.69, 9.17) is 5.11 Å². The van der Waals surface area contributed by atoms with Crippen LogP contribution in [0, 0.1) is 13.8 Å². The summed E-state index contributed by atoms with van der Waals surface area (Å²) in [5, 5.41) is 11.9. The van der Waals surface area contributed by atoms with Gasteiger partial charge in [0.25, 0.3) is 0 Å². The van der Waals surface area contributed by atoms with E-state index in [-0.39, 0.29) is 6.61 Å². The lowest BCUT2D eigenvalue weighted by molar-refractivity contribution is 0.310. The van der Waals surface area contributed by atoms with Gasteiger partial charge in [0.15, 0.2) is 16.8 Å². The quantitative estimate of drug-likeness (QED) is 0.718. The lowest BCUT2D eigenvalue weighted by Crippen LogP contribution is -2.11. The average Bonchev–Trinajstić information content (AvgIpc) is 2.87. The number of aromatic nitrogens is 5. The number of fused-ring (bicyclic) bond motifs is 3. The fourth-order valence-electron chi connectivity index (χ4n) is 1.92. The molecule has 0 atom stereocenters. The zero-order chi connectivity index (χ0) is 13.4. The maximum absolute atomic E-state index is 8.90. The molecule has 0 aromatic carbocycles. The van der Waals surface area contributed by atoms with Gasteiger partial charge < -0.3 is 10.4 Å². The Morgan fingerprint density at radius 3 is 2.79 bits per heavy atom. The minimum absolute atomic E-state index is 0.0362. The third kappa shape index (κ3) is 1.88. The first kappa shape index (κ1) is 11.8. The molecular formula is C12H14N6O. The van der Waals surface area contributed by atoms with Crippen molar-refractivity contribution in [3.63, 3.8) is 0 Å². The Balaban J connectivity index is 2.31. The standard InChI is InChI=1S/C12H14N6O/c1-7-8(2)16-10-9(15-7)11-13-3-5-18(11)12(17-10)14-4-6-19/h3,5,19H,4,6H2,1-2H3,(H,14,16,17). The molecule has 0 aliphatic carbocycles. The Hall–Kier alpha value is -2.28. The van der Waals surface area contributed by atoms with E-state index in [9.17, 15) is 0 Å². The molecule has 0 amide bonds. The maximum Gasteiger partial charge on any atom is 0.210 e. The normalized spacial score (nSPS) is 11.3. The molecule has 7 nitrogen and oxygen atoms in total. The third-order valence-electron chi connectivity index (χ3n) is 2.98. The zero-order valence-corrected chi connectivity index (χ0v) is 10.8. The molecule has 2 N–H and O–H groups in total. The van der Waals surface area contributed by atoms with E-state index < -0.39 is 0 Å². The summed E-state index contributed by atoms with van der Waals surface area (Å²) in [4.78, 5) is 17.7. The van der Waals surface area contributed by atoms with Crippen LogP contribution in [0.2, 0.25) is 0 Å². The first-order chi connectivity index (χ1) is 9.20. The fraction of sp³-hybridized carbons (Fsp3) is 0.333. The monoisotopic (exact) mass is 258 g/mol. The number of hydrogen-bond acceptors (Lipinski definition) is 6. The first-order valence-corrected chi connectivity index (χ1v) is 6.03. The molecule has 0 unspecified atom stereocenters. The maximum atomic E-state index is 8.90. The SMILES string of the molecule is Cc1nc2nc(NCCO)n3ccnc3c2nc1C. The lowest BCUT2D eigenvalue weighted by Gasteiger charge is -2.09. The van der Waals surface area contributed by atoms with Gasteiger partial charge in [0.05, 0.1) is 18.0 Å². The van der Waals surface area contributed by atoms with Crippen LogP contribution < -0.4 is 5.32 Å². The molecule has 0 saturated heterocycles. The molecule has 0 bridgehead atoms. The van der Waals surface area contributed by atoms with Gasteiger partial charge in [-0.1, -0.05) is 0 Å². The van der Waals surface area contributed by atoms with Gasteiger partial charge in [0, 0.05) is 18.9 Å². The highest BCUT2D eigenvalue weighted by molar-refractivity contribution is 5.86. The summed E-state index contributed by atoms with van der Waals surface area (Å²) in [6.45, 7) is 4.28. The number of aliphatic hydroxyl groups is 1. The van der Waals surface area contributed by atoms with Gasteiger partial charge >= 0.3 is 0 Å². The van der Waals surface area contributed by atoms with E-state index in [2.05, 4.69) is 25.3 Å². The zero-order valence-electron chi connectivity index (χ0n) is 10.8. The molecule has 3 heterocycles. The van der Waals surface area contributed by atoms with Crippen molar-refractivity contribution in [3.8, 4) is 0 Å². The summed E-state index contributed by atoms with van der Waals surface area (Å²) >= 11 is 0. The summed E-state index contributed by atoms with van der Waals surface area (Å²) in [6, 6.07) is 0. The van der Waals surface area contributed by atoms with Crippen LogP contribution in [-0.4, -0.2) is 42.6 Å². The minimum atomic E-state index is 0.0362. The van der Waals surface area contributed by atoms with Gasteiger partial charge in [0.2, 0.25) is 5.95 Å². The van der Waals surface area contributed by atoms with Crippen LogP contribution in [0.25, 0.3) is 16.8 Å². The van der Waals surface area contributed by atoms with E-state index in [1.54, 1.807) is 16.8 Å². The van der Waals surface area contributed by atoms with Crippen LogP contribution in [0.4, 0.5) is 5.95 Å². The molecule has 0 fully saturated rings. The minimum Gasteiger partial charge on any atom is -0.395 e. The van der Waals surface area contributed by atoms with Gasteiger partial charge in [-0.2, -0.15) is 4.98 Å². The summed E-state index contributed by atoms with van der Waals surface area (Å²) < 4.78 is 1.81. The Morgan fingerprint density at radius 2 is 2.00 bits per heavy atom. The van der Waals surface area contributed by atoms with E-state index in [0.29, 0.717) is 29.3 Å². The van der Waals surface area contributed by atoms with Crippen molar-refractivity contribution < 1.29 is 5.11 Å². The van der Waals surface area contributed by atoms with Gasteiger partial charge in [-0.05, 0) is 13.8 Å². The van der Waals surface area contributed by atoms with Crippen LogP contribution in [0.3, 0.4) is 0 Å². The van der Waals surface area contributed by atoms with Gasteiger partial charge in [-0.15, -0.1) is 0 Å². The van der Waals surface area contributed by atoms with Crippen molar-refractivity contribution in [3.05, 3.63) is 23.8 Å². The summed E-state index contributed by atoms with van der Waals surface area (Å²) in [5.41, 5.74) is 3.67. The van der Waals surface area contributed by atoms with Crippen LogP contribution in [0.5, 0.6) is 0 Å². The Kier molecular flexibility index (Phi) is 2.75. The van der Waals surface area contributed by atoms with Crippen molar-refractivity contribution in [1.29, 1.82) is 0 Å². The van der Waals surface area contributed by atoms with Crippen molar-refractivity contribution in [2.45, 2.75) is 13.8 Å². The van der Waals surface area contributed by atoms with Crippen molar-refractivity contribution >= 4 is 22.8 Å². The molecule has 3 aromatic heterocycles. The van der Waals surface area contributed by atoms with E-state index in [0.717, 1.165) is 11.4 Å². The summed E-state index contributed by atoms with van der Waals surface area (Å²) in [7, 11) is 0. The Labute approximate surface area is 109 Å². The van der Waals surface area contributed by atoms with E-state index >= 15 is 0 Å². The highest BCUT2D eigenvalue weighted by Gasteiger charge is 2.12. The highest BCUT2D eigenvalue weighted by atomic mass is 16.3. The number of anilines is 1. The molecule has 3 rings (SSSR count). The number of rotatable bonds is 3. The molecule has 98 valence electrons. The molecule has 7 heteroatoms. The van der Waals surface area contributed by atoms with Gasteiger partial charge in [-0.3, -0.25) is 4.40 Å². The van der Waals surface area contributed by atoms with Crippen LogP contribution in [0.1, 0.15) is 11.4 Å². The summed E-state index contributed by atoms with van der Waals surface area (Å²) in [5.74, 6) is 0.603. The predicted octanol–water partition coefficient (Wildman–Crippen LogP) is 0.694. The molecule has 0 saturated carbocycles. The largest absolute Gasteiger partial charge is 0.395 e. The number of nitrogens with zero attached hydrogens (tertiary/aromatic N) is 5. The second-order valence-corrected chi connectivity index (χ2v) is 4.27. The van der Waals surface area contributed by atoms with E-state index in [1.807, 2.05) is 13.8 Å². The number of imidazole rings is 1. The second kappa shape index (κ2) is 4.43. The lowest BCUT2D eigenvalue weighted by atomic mass is 10.3. The predicted molar refractivity (Wildman–Crippen MR) is 71.1 cm³/mol. The van der Waals surface area contributed by atoms with Gasteiger partial charge in [0.1, 0.15) is 0 Å². The molecule has 3 aromatic rings. The third-order valence-corrected chi connectivity index (χ3v) is 2.98. The van der Waals surface area contributed by atoms with Gasteiger partial charge in [-0.25, -0.2) is 15.0 Å². The number of aliphatic hydroxyl groups excluding tert-OH is 1. The number of aryl methyl sites for hydroxylation is 2. The topological polar surface area (TPSA) is 88.2 Å². The van der Waals surface area contributed by atoms with Crippen LogP contribution in [-0.2, 0) is 0 Å². The summed E-state index contributed by atoms with van der Waals surface area (Å²) in [6.07, 6.45) is 3.50. The smallest absolute Gasteiger partial charge is 0.210 e. The highest BCUT2D eigenvalue weighted by Crippen LogP contribution is 2.19. The molecule has 19 heavy (non-hydrogen) atoms. The molecule has 0 aliphatic heterocycles. The second-order valence-electron chi connectivity index (χ2n) is 4.27. The average molecular weight is 258 g/mol. The number of hydrogen-bond donors (Lipinski definition) is 2. The van der Waals surface area contributed by atoms with Crippen molar-refractivity contribution in [2.75, 3.05) is 18.5 Å². The molecular weight excluding hydrogens is 244 g/mol. The Bertz CT molecular complexity index is 751. The van der Waals surface area contributed by atoms with Crippen molar-refractivity contribution in [2.24, 2.45) is 0 Å². The van der Waals surface area contributed by atoms with Crippen LogP contribution >= 0.6 is 0 Å². The Morgan fingerprint density at radius 1 is 1.21 bits per heavy atom. The molecule has 0 aliphatic rings. The molecule has 0 radical (unpaired) electrons. The van der Waals surface area contributed by atoms with Crippen molar-refractivity contribution in [1.82, 2.24) is 24.3 Å². The number of nitrogens with one attached hydrogen (secondary N) is 1. The fourth-order valence-corrected chi connectivity index (χ4v) is 1.92.